The van der Waals surface area contributed by atoms with E-state index in [-0.39, 0.29) is 12.5 Å². The summed E-state index contributed by atoms with van der Waals surface area (Å²) in [5.74, 6) is -0.276. The molecule has 0 radical (unpaired) electrons. The summed E-state index contributed by atoms with van der Waals surface area (Å²) in [5, 5.41) is 1.08. The van der Waals surface area contributed by atoms with E-state index < -0.39 is 16.1 Å². The van der Waals surface area contributed by atoms with Crippen molar-refractivity contribution in [2.24, 2.45) is 0 Å². The molecule has 0 aliphatic carbocycles. The van der Waals surface area contributed by atoms with Crippen molar-refractivity contribution in [3.63, 3.8) is 0 Å². The Morgan fingerprint density at radius 1 is 1.32 bits per heavy atom. The van der Waals surface area contributed by atoms with E-state index >= 15 is 0 Å². The first-order valence-electron chi connectivity index (χ1n) is 9.98. The lowest BCUT2D eigenvalue weighted by molar-refractivity contribution is -0.123. The summed E-state index contributed by atoms with van der Waals surface area (Å²) in [6, 6.07) is 6.66. The van der Waals surface area contributed by atoms with Crippen molar-refractivity contribution in [2.45, 2.75) is 38.8 Å². The van der Waals surface area contributed by atoms with Crippen LogP contribution >= 0.6 is 22.9 Å². The number of hydrogen-bond donors (Lipinski definition) is 0. The van der Waals surface area contributed by atoms with Crippen molar-refractivity contribution in [3.05, 3.63) is 52.8 Å². The van der Waals surface area contributed by atoms with E-state index in [1.165, 1.54) is 15.6 Å². The van der Waals surface area contributed by atoms with Gasteiger partial charge in [0.25, 0.3) is 0 Å². The number of amides is 1. The molecule has 0 bridgehead atoms. The summed E-state index contributed by atoms with van der Waals surface area (Å²) in [7, 11) is -3.51. The Morgan fingerprint density at radius 2 is 2.13 bits per heavy atom. The van der Waals surface area contributed by atoms with E-state index in [9.17, 15) is 13.2 Å². The highest BCUT2D eigenvalue weighted by atomic mass is 35.5. The molecule has 31 heavy (non-hydrogen) atoms. The van der Waals surface area contributed by atoms with E-state index in [2.05, 4.69) is 4.98 Å². The molecule has 2 aromatic heterocycles. The smallest absolute Gasteiger partial charge is 0.247 e. The molecule has 164 valence electrons. The van der Waals surface area contributed by atoms with Gasteiger partial charge in [-0.15, -0.1) is 0 Å². The first-order chi connectivity index (χ1) is 14.8. The summed E-state index contributed by atoms with van der Waals surface area (Å²) < 4.78 is 26.9. The maximum absolute atomic E-state index is 13.7. The Bertz CT molecular complexity index is 1180. The molecular weight excluding hydrogens is 456 g/mol. The summed E-state index contributed by atoms with van der Waals surface area (Å²) >= 11 is 7.73. The molecule has 1 atom stereocenters. The van der Waals surface area contributed by atoms with Crippen LogP contribution in [0.5, 0.6) is 0 Å². The molecule has 0 N–H and O–H groups in total. The summed E-state index contributed by atoms with van der Waals surface area (Å²) in [4.78, 5) is 24.2. The number of rotatable bonds is 5. The maximum Gasteiger partial charge on any atom is 0.247 e. The number of carbonyl (C=O) groups excluding carboxylic acids is 1. The van der Waals surface area contributed by atoms with Gasteiger partial charge in [-0.1, -0.05) is 41.5 Å². The molecule has 1 fully saturated rings. The lowest BCUT2D eigenvalue weighted by atomic mass is 10.0. The first kappa shape index (κ1) is 22.1. The predicted molar refractivity (Wildman–Crippen MR) is 124 cm³/mol. The molecule has 1 aliphatic heterocycles. The maximum atomic E-state index is 13.7. The SMILES string of the molecule is Cc1ccc(Cl)c2sc(N(Cc3cccnc3)C(=O)C3CCCCN3S(C)(=O)=O)nc12. The molecule has 7 nitrogen and oxygen atoms in total. The minimum atomic E-state index is -3.51. The van der Waals surface area contributed by atoms with Crippen LogP contribution in [0.2, 0.25) is 5.02 Å². The van der Waals surface area contributed by atoms with Gasteiger partial charge in [0.05, 0.1) is 28.0 Å². The molecule has 1 aliphatic rings. The monoisotopic (exact) mass is 478 g/mol. The predicted octanol–water partition coefficient (Wildman–Crippen LogP) is 4.00. The van der Waals surface area contributed by atoms with E-state index in [1.807, 2.05) is 25.1 Å². The molecular formula is C21H23ClN4O3S2. The number of nitrogens with zero attached hydrogens (tertiary/aromatic N) is 4. The van der Waals surface area contributed by atoms with Crippen molar-refractivity contribution in [3.8, 4) is 0 Å². The van der Waals surface area contributed by atoms with Gasteiger partial charge in [0.15, 0.2) is 5.13 Å². The highest BCUT2D eigenvalue weighted by molar-refractivity contribution is 7.88. The molecule has 0 spiro atoms. The van der Waals surface area contributed by atoms with E-state index in [0.717, 1.165) is 40.4 Å². The van der Waals surface area contributed by atoms with Gasteiger partial charge in [0, 0.05) is 18.9 Å². The lowest BCUT2D eigenvalue weighted by Crippen LogP contribution is -2.52. The third-order valence-corrected chi connectivity index (χ3v) is 8.24. The van der Waals surface area contributed by atoms with Gasteiger partial charge < -0.3 is 0 Å². The van der Waals surface area contributed by atoms with Gasteiger partial charge in [0.2, 0.25) is 15.9 Å². The van der Waals surface area contributed by atoms with Crippen LogP contribution in [0, 0.1) is 6.92 Å². The third-order valence-electron chi connectivity index (χ3n) is 5.41. The minimum Gasteiger partial charge on any atom is -0.282 e. The van der Waals surface area contributed by atoms with Gasteiger partial charge in [-0.05, 0) is 43.0 Å². The highest BCUT2D eigenvalue weighted by Crippen LogP contribution is 2.37. The molecule has 1 amide bonds. The van der Waals surface area contributed by atoms with Crippen LogP contribution < -0.4 is 4.90 Å². The quantitative estimate of drug-likeness (QED) is 0.553. The van der Waals surface area contributed by atoms with Crippen LogP contribution in [0.3, 0.4) is 0 Å². The standard InChI is InChI=1S/C21H23ClN4O3S2/c1-14-8-9-16(22)19-18(14)24-21(30-19)25(13-15-6-5-10-23-12-15)20(27)17-7-3-4-11-26(17)31(2,28)29/h5-6,8-10,12,17H,3-4,7,11,13H2,1-2H3. The molecule has 4 rings (SSSR count). The molecule has 1 saturated heterocycles. The Morgan fingerprint density at radius 3 is 2.81 bits per heavy atom. The number of carbonyl (C=O) groups is 1. The Kier molecular flexibility index (Phi) is 6.30. The fourth-order valence-corrected chi connectivity index (χ4v) is 6.29. The van der Waals surface area contributed by atoms with Crippen LogP contribution in [0.15, 0.2) is 36.7 Å². The number of aromatic nitrogens is 2. The number of benzene rings is 1. The topological polar surface area (TPSA) is 83.5 Å². The zero-order chi connectivity index (χ0) is 22.2. The lowest BCUT2D eigenvalue weighted by Gasteiger charge is -2.35. The number of anilines is 1. The van der Waals surface area contributed by atoms with E-state index in [1.54, 1.807) is 23.4 Å². The average molecular weight is 479 g/mol. The fraction of sp³-hybridized carbons (Fsp3) is 0.381. The van der Waals surface area contributed by atoms with Gasteiger partial charge >= 0.3 is 0 Å². The summed E-state index contributed by atoms with van der Waals surface area (Å²) in [6.45, 7) is 2.54. The molecule has 0 saturated carbocycles. The first-order valence-corrected chi connectivity index (χ1v) is 13.0. The zero-order valence-corrected chi connectivity index (χ0v) is 19.7. The van der Waals surface area contributed by atoms with Crippen molar-refractivity contribution in [2.75, 3.05) is 17.7 Å². The number of hydrogen-bond acceptors (Lipinski definition) is 6. The highest BCUT2D eigenvalue weighted by Gasteiger charge is 2.38. The van der Waals surface area contributed by atoms with Crippen molar-refractivity contribution < 1.29 is 13.2 Å². The fourth-order valence-electron chi connectivity index (χ4n) is 3.85. The second-order valence-corrected chi connectivity index (χ2v) is 11.0. The van der Waals surface area contributed by atoms with Gasteiger partial charge in [-0.3, -0.25) is 14.7 Å². The normalized spacial score (nSPS) is 17.7. The number of fused-ring (bicyclic) bond motifs is 1. The Labute approximate surface area is 190 Å². The van der Waals surface area contributed by atoms with Crippen LogP contribution in [-0.4, -0.2) is 47.4 Å². The van der Waals surface area contributed by atoms with Crippen LogP contribution in [0.25, 0.3) is 10.2 Å². The molecule has 1 aromatic carbocycles. The minimum absolute atomic E-state index is 0.247. The van der Waals surface area contributed by atoms with Crippen LogP contribution in [0.1, 0.15) is 30.4 Å². The summed E-state index contributed by atoms with van der Waals surface area (Å²) in [5.41, 5.74) is 2.55. The van der Waals surface area contributed by atoms with Gasteiger partial charge in [-0.2, -0.15) is 4.31 Å². The second-order valence-electron chi connectivity index (χ2n) is 7.71. The summed E-state index contributed by atoms with van der Waals surface area (Å²) in [6.07, 6.45) is 6.55. The number of sulfonamides is 1. The zero-order valence-electron chi connectivity index (χ0n) is 17.3. The van der Waals surface area contributed by atoms with Crippen molar-refractivity contribution >= 4 is 54.2 Å². The van der Waals surface area contributed by atoms with Crippen LogP contribution in [0.4, 0.5) is 5.13 Å². The second kappa shape index (κ2) is 8.82. The number of thiazole rings is 1. The Hall–Kier alpha value is -2.07. The number of pyridine rings is 1. The Balaban J connectivity index is 1.78. The van der Waals surface area contributed by atoms with Crippen molar-refractivity contribution in [1.29, 1.82) is 0 Å². The molecule has 1 unspecified atom stereocenters. The van der Waals surface area contributed by atoms with Gasteiger partial charge in [-0.25, -0.2) is 13.4 Å². The molecule has 10 heteroatoms. The number of aryl methyl sites for hydroxylation is 1. The largest absolute Gasteiger partial charge is 0.282 e. The van der Waals surface area contributed by atoms with Crippen LogP contribution in [-0.2, 0) is 21.4 Å². The van der Waals surface area contributed by atoms with Gasteiger partial charge in [0.1, 0.15) is 6.04 Å². The number of halogens is 1. The number of piperidine rings is 1. The molecule has 3 aromatic rings. The molecule has 3 heterocycles. The van der Waals surface area contributed by atoms with E-state index in [4.69, 9.17) is 16.6 Å². The average Bonchev–Trinajstić information content (AvgIpc) is 3.21. The van der Waals surface area contributed by atoms with E-state index in [0.29, 0.717) is 23.1 Å². The third kappa shape index (κ3) is 4.59. The van der Waals surface area contributed by atoms with Crippen molar-refractivity contribution in [1.82, 2.24) is 14.3 Å².